The summed E-state index contributed by atoms with van der Waals surface area (Å²) in [7, 11) is 0. The largest absolute Gasteiger partial charge is 0.364 e. The Morgan fingerprint density at radius 2 is 1.68 bits per heavy atom. The zero-order valence-electron chi connectivity index (χ0n) is 14.7. The lowest BCUT2D eigenvalue weighted by Crippen LogP contribution is -2.07. The Bertz CT molecular complexity index is 1090. The molecule has 2 aromatic heterocycles. The first-order valence-electron chi connectivity index (χ1n) is 8.60. The highest BCUT2D eigenvalue weighted by atomic mass is 35.5. The van der Waals surface area contributed by atoms with Crippen molar-refractivity contribution in [3.8, 4) is 22.8 Å². The summed E-state index contributed by atoms with van der Waals surface area (Å²) in [6.45, 7) is 0.583. The number of halogens is 2. The molecule has 0 radical (unpaired) electrons. The Morgan fingerprint density at radius 3 is 2.43 bits per heavy atom. The summed E-state index contributed by atoms with van der Waals surface area (Å²) in [5.41, 5.74) is 3.02. The van der Waals surface area contributed by atoms with Crippen LogP contribution in [-0.2, 0) is 6.54 Å². The maximum absolute atomic E-state index is 6.39. The van der Waals surface area contributed by atoms with Gasteiger partial charge >= 0.3 is 0 Å². The number of anilines is 1. The molecule has 0 spiro atoms. The summed E-state index contributed by atoms with van der Waals surface area (Å²) in [5.74, 6) is 1.01. The molecule has 0 aliphatic rings. The number of hydrogen-bond donors (Lipinski definition) is 1. The smallest absolute Gasteiger partial charge is 0.202 e. The molecule has 0 saturated carbocycles. The molecule has 0 atom stereocenters. The van der Waals surface area contributed by atoms with E-state index in [9.17, 15) is 0 Å². The van der Waals surface area contributed by atoms with Crippen molar-refractivity contribution in [2.45, 2.75) is 6.54 Å². The minimum atomic E-state index is 0.435. The van der Waals surface area contributed by atoms with Crippen LogP contribution in [0.15, 0.2) is 72.9 Å². The quantitative estimate of drug-likeness (QED) is 0.471. The van der Waals surface area contributed by atoms with E-state index in [-0.39, 0.29) is 0 Å². The molecule has 138 valence electrons. The summed E-state index contributed by atoms with van der Waals surface area (Å²) in [5, 5.41) is 13.0. The van der Waals surface area contributed by atoms with Crippen LogP contribution in [0.25, 0.3) is 22.8 Å². The second kappa shape index (κ2) is 8.33. The molecule has 1 N–H and O–H groups in total. The van der Waals surface area contributed by atoms with Gasteiger partial charge in [0.25, 0.3) is 0 Å². The molecule has 0 unspecified atom stereocenters. The lowest BCUT2D eigenvalue weighted by atomic mass is 10.1. The van der Waals surface area contributed by atoms with E-state index < -0.39 is 0 Å². The van der Waals surface area contributed by atoms with Crippen LogP contribution in [0.3, 0.4) is 0 Å². The number of nitrogens with one attached hydrogen (secondary N) is 1. The van der Waals surface area contributed by atoms with Crippen LogP contribution < -0.4 is 5.32 Å². The molecule has 28 heavy (non-hydrogen) atoms. The van der Waals surface area contributed by atoms with Gasteiger partial charge in [-0.3, -0.25) is 4.98 Å². The van der Waals surface area contributed by atoms with E-state index in [1.807, 2.05) is 54.6 Å². The lowest BCUT2D eigenvalue weighted by molar-refractivity contribution is 0.965. The fourth-order valence-electron chi connectivity index (χ4n) is 2.70. The average molecular weight is 408 g/mol. The lowest BCUT2D eigenvalue weighted by Gasteiger charge is -2.12. The molecule has 5 nitrogen and oxygen atoms in total. The third-order valence-corrected chi connectivity index (χ3v) is 4.62. The van der Waals surface area contributed by atoms with Crippen molar-refractivity contribution in [2.75, 3.05) is 5.32 Å². The van der Waals surface area contributed by atoms with Gasteiger partial charge in [-0.05, 0) is 35.9 Å². The predicted molar refractivity (Wildman–Crippen MR) is 112 cm³/mol. The fourth-order valence-corrected chi connectivity index (χ4v) is 3.20. The Labute approximate surface area is 172 Å². The summed E-state index contributed by atoms with van der Waals surface area (Å²) in [6, 6.07) is 20.8. The van der Waals surface area contributed by atoms with E-state index in [0.717, 1.165) is 5.56 Å². The molecule has 7 heteroatoms. The van der Waals surface area contributed by atoms with Crippen LogP contribution in [0.1, 0.15) is 5.56 Å². The van der Waals surface area contributed by atoms with E-state index in [1.54, 1.807) is 18.3 Å². The summed E-state index contributed by atoms with van der Waals surface area (Å²) < 4.78 is 0. The van der Waals surface area contributed by atoms with Gasteiger partial charge in [0.05, 0.1) is 5.02 Å². The minimum absolute atomic E-state index is 0.435. The topological polar surface area (TPSA) is 63.6 Å². The predicted octanol–water partition coefficient (Wildman–Crippen LogP) is 5.52. The second-order valence-electron chi connectivity index (χ2n) is 6.01. The van der Waals surface area contributed by atoms with Gasteiger partial charge in [0, 0.05) is 23.3 Å². The fraction of sp³-hybridized carbons (Fsp3) is 0.0476. The van der Waals surface area contributed by atoms with Crippen LogP contribution in [0.4, 0.5) is 5.82 Å². The first-order chi connectivity index (χ1) is 13.7. The number of hydrogen-bond acceptors (Lipinski definition) is 5. The molecule has 0 aliphatic carbocycles. The number of pyridine rings is 1. The zero-order chi connectivity index (χ0) is 19.3. The van der Waals surface area contributed by atoms with Gasteiger partial charge in [0.15, 0.2) is 5.82 Å². The van der Waals surface area contributed by atoms with Gasteiger partial charge in [-0.2, -0.15) is 0 Å². The standard InChI is InChI=1S/C21H15Cl2N5/c22-15-9-10-16(17(23)12-15)19-21(25-13-14-6-2-1-3-7-14)26-20(28-27-19)18-8-4-5-11-24-18/h1-12H,13H2,(H,25,26,28). The Kier molecular flexibility index (Phi) is 5.46. The molecule has 0 fully saturated rings. The molecular weight excluding hydrogens is 393 g/mol. The monoisotopic (exact) mass is 407 g/mol. The van der Waals surface area contributed by atoms with Gasteiger partial charge in [-0.1, -0.05) is 59.6 Å². The summed E-state index contributed by atoms with van der Waals surface area (Å²) in [4.78, 5) is 8.96. The van der Waals surface area contributed by atoms with E-state index in [2.05, 4.69) is 25.5 Å². The Morgan fingerprint density at radius 1 is 0.857 bits per heavy atom. The molecule has 4 rings (SSSR count). The SMILES string of the molecule is Clc1ccc(-c2nnc(-c3ccccn3)nc2NCc2ccccc2)c(Cl)c1. The zero-order valence-corrected chi connectivity index (χ0v) is 16.2. The number of benzene rings is 2. The van der Waals surface area contributed by atoms with Gasteiger partial charge in [-0.15, -0.1) is 10.2 Å². The number of rotatable bonds is 5. The summed E-state index contributed by atoms with van der Waals surface area (Å²) in [6.07, 6.45) is 1.69. The van der Waals surface area contributed by atoms with Crippen molar-refractivity contribution in [1.82, 2.24) is 20.2 Å². The van der Waals surface area contributed by atoms with Gasteiger partial charge in [0.2, 0.25) is 5.82 Å². The summed E-state index contributed by atoms with van der Waals surface area (Å²) >= 11 is 12.4. The van der Waals surface area contributed by atoms with Crippen molar-refractivity contribution in [3.05, 3.63) is 88.5 Å². The van der Waals surface area contributed by atoms with Crippen LogP contribution in [0.2, 0.25) is 10.0 Å². The normalized spacial score (nSPS) is 10.6. The van der Waals surface area contributed by atoms with Crippen molar-refractivity contribution >= 4 is 29.0 Å². The van der Waals surface area contributed by atoms with Crippen molar-refractivity contribution < 1.29 is 0 Å². The van der Waals surface area contributed by atoms with Crippen LogP contribution >= 0.6 is 23.2 Å². The maximum Gasteiger partial charge on any atom is 0.202 e. The maximum atomic E-state index is 6.39. The minimum Gasteiger partial charge on any atom is -0.364 e. The van der Waals surface area contributed by atoms with Gasteiger partial charge < -0.3 is 5.32 Å². The molecule has 2 heterocycles. The average Bonchev–Trinajstić information content (AvgIpc) is 2.74. The highest BCUT2D eigenvalue weighted by Gasteiger charge is 2.16. The second-order valence-corrected chi connectivity index (χ2v) is 6.85. The molecule has 0 amide bonds. The molecular formula is C21H15Cl2N5. The number of nitrogens with zero attached hydrogens (tertiary/aromatic N) is 4. The van der Waals surface area contributed by atoms with Crippen molar-refractivity contribution in [1.29, 1.82) is 0 Å². The first kappa shape index (κ1) is 18.3. The van der Waals surface area contributed by atoms with Crippen LogP contribution in [0, 0.1) is 0 Å². The number of aromatic nitrogens is 4. The highest BCUT2D eigenvalue weighted by Crippen LogP contribution is 2.33. The van der Waals surface area contributed by atoms with Gasteiger partial charge in [0.1, 0.15) is 11.4 Å². The van der Waals surface area contributed by atoms with E-state index >= 15 is 0 Å². The Hall–Kier alpha value is -3.02. The van der Waals surface area contributed by atoms with Crippen molar-refractivity contribution in [3.63, 3.8) is 0 Å². The van der Waals surface area contributed by atoms with Gasteiger partial charge in [-0.25, -0.2) is 4.98 Å². The molecule has 0 saturated heterocycles. The molecule has 0 aliphatic heterocycles. The first-order valence-corrected chi connectivity index (χ1v) is 9.35. The van der Waals surface area contributed by atoms with Crippen LogP contribution in [0.5, 0.6) is 0 Å². The van der Waals surface area contributed by atoms with Crippen molar-refractivity contribution in [2.24, 2.45) is 0 Å². The van der Waals surface area contributed by atoms with E-state index in [0.29, 0.717) is 45.2 Å². The molecule has 4 aromatic rings. The van der Waals surface area contributed by atoms with E-state index in [1.165, 1.54) is 0 Å². The Balaban J connectivity index is 1.76. The molecule has 0 bridgehead atoms. The molecule has 2 aromatic carbocycles. The third-order valence-electron chi connectivity index (χ3n) is 4.07. The van der Waals surface area contributed by atoms with Crippen LogP contribution in [-0.4, -0.2) is 20.2 Å². The van der Waals surface area contributed by atoms with E-state index in [4.69, 9.17) is 23.2 Å². The third kappa shape index (κ3) is 4.11. The highest BCUT2D eigenvalue weighted by molar-refractivity contribution is 6.36.